The van der Waals surface area contributed by atoms with E-state index in [4.69, 9.17) is 9.47 Å². The summed E-state index contributed by atoms with van der Waals surface area (Å²) in [7, 11) is 0. The van der Waals surface area contributed by atoms with E-state index >= 15 is 0 Å². The zero-order valence-corrected chi connectivity index (χ0v) is 13.7. The van der Waals surface area contributed by atoms with E-state index in [0.29, 0.717) is 18.9 Å². The van der Waals surface area contributed by atoms with Crippen LogP contribution in [-0.2, 0) is 19.1 Å². The molecule has 0 amide bonds. The highest BCUT2D eigenvalue weighted by Crippen LogP contribution is 2.45. The molecule has 1 unspecified atom stereocenters. The molecule has 21 heavy (non-hydrogen) atoms. The average Bonchev–Trinajstić information content (AvgIpc) is 2.88. The Morgan fingerprint density at radius 2 is 2.19 bits per heavy atom. The fraction of sp³-hybridized carbons (Fsp3) is 0.600. The summed E-state index contributed by atoms with van der Waals surface area (Å²) in [6.45, 7) is 8.54. The number of rotatable bonds is 4. The summed E-state index contributed by atoms with van der Waals surface area (Å²) in [5.74, 6) is 0.198. The van der Waals surface area contributed by atoms with Gasteiger partial charge in [-0.2, -0.15) is 0 Å². The van der Waals surface area contributed by atoms with Crippen molar-refractivity contribution in [2.75, 3.05) is 18.9 Å². The molecule has 0 aromatic carbocycles. The molecule has 0 aliphatic carbocycles. The van der Waals surface area contributed by atoms with Crippen molar-refractivity contribution in [3.05, 3.63) is 22.4 Å². The molecule has 1 saturated heterocycles. The minimum absolute atomic E-state index is 0.102. The van der Waals surface area contributed by atoms with Gasteiger partial charge in [-0.15, -0.1) is 11.8 Å². The maximum Gasteiger partial charge on any atom is 0.337 e. The predicted octanol–water partition coefficient (Wildman–Crippen LogP) is 2.30. The molecule has 0 radical (unpaired) electrons. The van der Waals surface area contributed by atoms with Crippen molar-refractivity contribution in [2.45, 2.75) is 33.8 Å². The molecule has 2 aliphatic heterocycles. The van der Waals surface area contributed by atoms with E-state index in [1.54, 1.807) is 18.7 Å². The highest BCUT2D eigenvalue weighted by Gasteiger charge is 2.39. The SMILES string of the molecule is CCOC(=O)C=C1CSC2=C(C(=O)OC(C)C)C(C)CN12. The first-order valence-corrected chi connectivity index (χ1v) is 8.15. The summed E-state index contributed by atoms with van der Waals surface area (Å²) in [5.41, 5.74) is 1.62. The number of fused-ring (bicyclic) bond motifs is 1. The summed E-state index contributed by atoms with van der Waals surface area (Å²) in [4.78, 5) is 25.8. The van der Waals surface area contributed by atoms with Gasteiger partial charge < -0.3 is 14.4 Å². The normalized spacial score (nSPS) is 23.0. The van der Waals surface area contributed by atoms with Crippen LogP contribution in [-0.4, -0.2) is 41.8 Å². The van der Waals surface area contributed by atoms with Gasteiger partial charge in [-0.3, -0.25) is 0 Å². The van der Waals surface area contributed by atoms with Gasteiger partial charge in [-0.05, 0) is 20.8 Å². The van der Waals surface area contributed by atoms with Gasteiger partial charge in [0.15, 0.2) is 0 Å². The van der Waals surface area contributed by atoms with Gasteiger partial charge in [0.1, 0.15) is 0 Å². The Balaban J connectivity index is 2.20. The Kier molecular flexibility index (Phi) is 4.98. The highest BCUT2D eigenvalue weighted by molar-refractivity contribution is 8.03. The second-order valence-corrected chi connectivity index (χ2v) is 6.32. The zero-order chi connectivity index (χ0) is 15.6. The lowest BCUT2D eigenvalue weighted by Crippen LogP contribution is -2.19. The van der Waals surface area contributed by atoms with Crippen molar-refractivity contribution in [3.8, 4) is 0 Å². The summed E-state index contributed by atoms with van der Waals surface area (Å²) in [5, 5.41) is 0.920. The molecule has 6 heteroatoms. The van der Waals surface area contributed by atoms with Crippen molar-refractivity contribution in [1.82, 2.24) is 4.90 Å². The zero-order valence-electron chi connectivity index (χ0n) is 12.8. The molecule has 0 spiro atoms. The van der Waals surface area contributed by atoms with E-state index in [0.717, 1.165) is 16.3 Å². The number of hydrogen-bond donors (Lipinski definition) is 0. The molecular weight excluding hydrogens is 290 g/mol. The third kappa shape index (κ3) is 3.43. The topological polar surface area (TPSA) is 55.8 Å². The molecule has 0 aromatic rings. The van der Waals surface area contributed by atoms with Gasteiger partial charge in [0.2, 0.25) is 0 Å². The monoisotopic (exact) mass is 311 g/mol. The van der Waals surface area contributed by atoms with Crippen LogP contribution in [0.25, 0.3) is 0 Å². The van der Waals surface area contributed by atoms with Crippen molar-refractivity contribution in [2.24, 2.45) is 5.92 Å². The number of esters is 2. The molecule has 1 atom stereocenters. The Morgan fingerprint density at radius 1 is 1.48 bits per heavy atom. The average molecular weight is 311 g/mol. The molecule has 0 bridgehead atoms. The van der Waals surface area contributed by atoms with E-state index < -0.39 is 0 Å². The summed E-state index contributed by atoms with van der Waals surface area (Å²) < 4.78 is 10.3. The quantitative estimate of drug-likeness (QED) is 0.586. The van der Waals surface area contributed by atoms with Gasteiger partial charge in [0.25, 0.3) is 0 Å². The van der Waals surface area contributed by atoms with Crippen LogP contribution in [0.3, 0.4) is 0 Å². The van der Waals surface area contributed by atoms with E-state index in [1.165, 1.54) is 6.08 Å². The Labute approximate surface area is 129 Å². The first kappa shape index (κ1) is 15.9. The van der Waals surface area contributed by atoms with Crippen molar-refractivity contribution in [3.63, 3.8) is 0 Å². The molecule has 0 aromatic heterocycles. The third-order valence-electron chi connectivity index (χ3n) is 3.26. The highest BCUT2D eigenvalue weighted by atomic mass is 32.2. The molecule has 2 heterocycles. The molecule has 0 saturated carbocycles. The first-order chi connectivity index (χ1) is 9.93. The Hall–Kier alpha value is -1.43. The summed E-state index contributed by atoms with van der Waals surface area (Å²) >= 11 is 1.58. The maximum absolute atomic E-state index is 12.2. The lowest BCUT2D eigenvalue weighted by atomic mass is 10.1. The van der Waals surface area contributed by atoms with Crippen LogP contribution in [0.15, 0.2) is 22.4 Å². The van der Waals surface area contributed by atoms with Gasteiger partial charge in [0.05, 0.1) is 23.3 Å². The Bertz CT molecular complexity index is 510. The fourth-order valence-corrected chi connectivity index (χ4v) is 3.74. The second-order valence-electron chi connectivity index (χ2n) is 5.36. The number of hydrogen-bond acceptors (Lipinski definition) is 6. The van der Waals surface area contributed by atoms with E-state index in [2.05, 4.69) is 0 Å². The molecule has 116 valence electrons. The Morgan fingerprint density at radius 3 is 2.81 bits per heavy atom. The second kappa shape index (κ2) is 6.56. The van der Waals surface area contributed by atoms with Gasteiger partial charge in [0, 0.05) is 30.0 Å². The minimum atomic E-state index is -0.333. The summed E-state index contributed by atoms with van der Waals surface area (Å²) in [6, 6.07) is 0. The third-order valence-corrected chi connectivity index (χ3v) is 4.42. The predicted molar refractivity (Wildman–Crippen MR) is 81.3 cm³/mol. The van der Waals surface area contributed by atoms with Gasteiger partial charge >= 0.3 is 11.9 Å². The smallest absolute Gasteiger partial charge is 0.337 e. The molecule has 5 nitrogen and oxygen atoms in total. The van der Waals surface area contributed by atoms with Crippen LogP contribution in [0.1, 0.15) is 27.7 Å². The number of carbonyl (C=O) groups is 2. The van der Waals surface area contributed by atoms with E-state index in [9.17, 15) is 9.59 Å². The van der Waals surface area contributed by atoms with Crippen LogP contribution < -0.4 is 0 Å². The van der Waals surface area contributed by atoms with Crippen molar-refractivity contribution < 1.29 is 19.1 Å². The van der Waals surface area contributed by atoms with E-state index in [-0.39, 0.29) is 24.0 Å². The lowest BCUT2D eigenvalue weighted by Gasteiger charge is -2.15. The number of thioether (sulfide) groups is 1. The maximum atomic E-state index is 12.2. The lowest BCUT2D eigenvalue weighted by molar-refractivity contribution is -0.143. The number of nitrogens with zero attached hydrogens (tertiary/aromatic N) is 1. The molecular formula is C15H21NO4S. The van der Waals surface area contributed by atoms with Crippen molar-refractivity contribution >= 4 is 23.7 Å². The molecule has 2 rings (SSSR count). The number of carbonyl (C=O) groups excluding carboxylic acids is 2. The fourth-order valence-electron chi connectivity index (χ4n) is 2.43. The van der Waals surface area contributed by atoms with Crippen molar-refractivity contribution in [1.29, 1.82) is 0 Å². The van der Waals surface area contributed by atoms with Crippen LogP contribution in [0.5, 0.6) is 0 Å². The van der Waals surface area contributed by atoms with Crippen LogP contribution >= 0.6 is 11.8 Å². The minimum Gasteiger partial charge on any atom is -0.463 e. The van der Waals surface area contributed by atoms with Gasteiger partial charge in [-0.25, -0.2) is 9.59 Å². The largest absolute Gasteiger partial charge is 0.463 e. The standard InChI is InChI=1S/C15H21NO4S/c1-5-19-12(17)6-11-8-21-14-13(10(4)7-16(11)14)15(18)20-9(2)3/h6,9-10H,5,7-8H2,1-4H3. The molecule has 2 aliphatic rings. The number of ether oxygens (including phenoxy) is 2. The van der Waals surface area contributed by atoms with Gasteiger partial charge in [-0.1, -0.05) is 6.92 Å². The van der Waals surface area contributed by atoms with Crippen LogP contribution in [0.2, 0.25) is 0 Å². The molecule has 0 N–H and O–H groups in total. The van der Waals surface area contributed by atoms with Crippen LogP contribution in [0, 0.1) is 5.92 Å². The molecule has 1 fully saturated rings. The van der Waals surface area contributed by atoms with E-state index in [1.807, 2.05) is 25.7 Å². The summed E-state index contributed by atoms with van der Waals surface area (Å²) in [6.07, 6.45) is 1.39. The first-order valence-electron chi connectivity index (χ1n) is 7.16. The van der Waals surface area contributed by atoms with Crippen LogP contribution in [0.4, 0.5) is 0 Å².